The van der Waals surface area contributed by atoms with Crippen LogP contribution in [-0.2, 0) is 23.8 Å². The summed E-state index contributed by atoms with van der Waals surface area (Å²) in [6.07, 6.45) is 45.7. The number of aliphatic hydroxyl groups excluding tert-OH is 5. The lowest BCUT2D eigenvalue weighted by Crippen LogP contribution is -2.61. The fraction of sp³-hybridized carbons (Fsp3) is 0.593. The number of hydrogen-bond donors (Lipinski definition) is 6. The first-order valence-corrected chi connectivity index (χ1v) is 24.4. The first kappa shape index (κ1) is 59.1. The number of amides is 1. The van der Waals surface area contributed by atoms with Gasteiger partial charge in [0, 0.05) is 6.42 Å². The Morgan fingerprint density at radius 3 is 1.66 bits per heavy atom. The third kappa shape index (κ3) is 30.8. The summed E-state index contributed by atoms with van der Waals surface area (Å²) < 4.78 is 17.4. The van der Waals surface area contributed by atoms with Crippen molar-refractivity contribution < 1.29 is 49.3 Å². The second-order valence-electron chi connectivity index (χ2n) is 16.3. The molecule has 1 rings (SSSR count). The number of carbonyl (C=O) groups excluding carboxylic acids is 2. The second-order valence-corrected chi connectivity index (χ2v) is 16.3. The van der Waals surface area contributed by atoms with Crippen molar-refractivity contribution in [2.45, 2.75) is 192 Å². The fourth-order valence-electron chi connectivity index (χ4n) is 6.69. The highest BCUT2D eigenvalue weighted by Crippen LogP contribution is 2.26. The van der Waals surface area contributed by atoms with Crippen molar-refractivity contribution in [3.05, 3.63) is 122 Å². The van der Waals surface area contributed by atoms with Crippen LogP contribution >= 0.6 is 0 Å². The molecule has 1 aliphatic rings. The Labute approximate surface area is 391 Å². The Morgan fingerprint density at radius 2 is 1.11 bits per heavy atom. The monoisotopic (exact) mass is 908 g/mol. The lowest BCUT2D eigenvalue weighted by molar-refractivity contribution is -0.305. The molecule has 1 amide bonds. The van der Waals surface area contributed by atoms with E-state index in [4.69, 9.17) is 14.2 Å². The molecule has 0 spiro atoms. The Balaban J connectivity index is 2.90. The minimum atomic E-state index is -1.65. The van der Waals surface area contributed by atoms with Gasteiger partial charge in [0.1, 0.15) is 24.4 Å². The van der Waals surface area contributed by atoms with E-state index >= 15 is 0 Å². The van der Waals surface area contributed by atoms with Gasteiger partial charge >= 0.3 is 5.97 Å². The van der Waals surface area contributed by atoms with Crippen molar-refractivity contribution in [1.29, 1.82) is 0 Å². The molecule has 1 aliphatic heterocycles. The van der Waals surface area contributed by atoms with Crippen LogP contribution in [0.15, 0.2) is 122 Å². The van der Waals surface area contributed by atoms with E-state index in [2.05, 4.69) is 44.3 Å². The van der Waals surface area contributed by atoms with E-state index in [-0.39, 0.29) is 19.4 Å². The van der Waals surface area contributed by atoms with E-state index in [1.54, 1.807) is 6.08 Å². The van der Waals surface area contributed by atoms with Crippen molar-refractivity contribution in [1.82, 2.24) is 5.32 Å². The summed E-state index contributed by atoms with van der Waals surface area (Å²) in [5.41, 5.74) is 0. The van der Waals surface area contributed by atoms with Gasteiger partial charge in [0.05, 0.1) is 25.4 Å². The van der Waals surface area contributed by atoms with Gasteiger partial charge < -0.3 is 45.1 Å². The minimum Gasteiger partial charge on any atom is -0.454 e. The molecule has 0 saturated carbocycles. The van der Waals surface area contributed by atoms with Gasteiger partial charge in [0.25, 0.3) is 0 Å². The molecule has 0 bridgehead atoms. The maximum atomic E-state index is 13.2. The van der Waals surface area contributed by atoms with Gasteiger partial charge in [0.2, 0.25) is 5.91 Å². The summed E-state index contributed by atoms with van der Waals surface area (Å²) in [6.45, 7) is 5.35. The van der Waals surface area contributed by atoms with Crippen molar-refractivity contribution in [3.63, 3.8) is 0 Å². The van der Waals surface area contributed by atoms with Crippen LogP contribution in [0.25, 0.3) is 0 Å². The molecule has 0 aromatic rings. The van der Waals surface area contributed by atoms with E-state index in [0.717, 1.165) is 57.8 Å². The number of nitrogens with one attached hydrogen (secondary N) is 1. The number of unbranched alkanes of at least 4 members (excludes halogenated alkanes) is 12. The van der Waals surface area contributed by atoms with Crippen LogP contribution in [0.5, 0.6) is 0 Å². The van der Waals surface area contributed by atoms with Crippen LogP contribution in [-0.4, -0.2) is 99.6 Å². The standard InChI is InChI=1S/C54H85NO10/c1-4-7-10-13-16-19-22-24-27-30-33-36-39-42-49(59)65-52-51(61)50(60)48(43-56)64-54(52)63-44-45(46(57)40-37-34-31-28-25-21-18-15-12-9-6-3)55-53(62)47(58)41-38-35-32-29-26-23-20-17-14-11-8-5-2/h7-8,10-11,13-14,16-17,19-20,22-24,26-27,29,32,35,37,40,45-48,50-52,54,56-58,60-61H,4-6,9,12,15,18,21,25,28,30-31,33-34,36,38-39,41-44H2,1-3H3,(H,55,62)/b10-7+,11-8+,16-13+,17-14+,22-19-,23-20-,27-24-,29-26-,35-32+,40-37+. The molecule has 1 saturated heterocycles. The average molecular weight is 908 g/mol. The van der Waals surface area contributed by atoms with Gasteiger partial charge in [-0.2, -0.15) is 0 Å². The summed E-state index contributed by atoms with van der Waals surface area (Å²) in [7, 11) is 0. The van der Waals surface area contributed by atoms with Gasteiger partial charge in [0.15, 0.2) is 12.4 Å². The molecule has 8 atom stereocenters. The first-order valence-electron chi connectivity index (χ1n) is 24.4. The molecule has 65 heavy (non-hydrogen) atoms. The molecular weight excluding hydrogens is 823 g/mol. The summed E-state index contributed by atoms with van der Waals surface area (Å²) in [4.78, 5) is 26.2. The summed E-state index contributed by atoms with van der Waals surface area (Å²) in [6, 6.07) is -1.08. The quantitative estimate of drug-likeness (QED) is 0.0152. The van der Waals surface area contributed by atoms with Gasteiger partial charge in [-0.25, -0.2) is 0 Å². The first-order chi connectivity index (χ1) is 31.7. The lowest BCUT2D eigenvalue weighted by atomic mass is 9.99. The molecule has 1 heterocycles. The van der Waals surface area contributed by atoms with Crippen molar-refractivity contribution in [3.8, 4) is 0 Å². The van der Waals surface area contributed by atoms with Crippen LogP contribution in [0.4, 0.5) is 0 Å². The number of ether oxygens (including phenoxy) is 3. The van der Waals surface area contributed by atoms with Crippen molar-refractivity contribution in [2.75, 3.05) is 13.2 Å². The van der Waals surface area contributed by atoms with Gasteiger partial charge in [-0.3, -0.25) is 9.59 Å². The normalized spacial score (nSPS) is 21.4. The third-order valence-corrected chi connectivity index (χ3v) is 10.6. The molecule has 1 fully saturated rings. The number of rotatable bonds is 37. The largest absolute Gasteiger partial charge is 0.454 e. The molecule has 366 valence electrons. The fourth-order valence-corrected chi connectivity index (χ4v) is 6.69. The van der Waals surface area contributed by atoms with E-state index in [1.165, 1.54) is 38.5 Å². The van der Waals surface area contributed by atoms with Crippen LogP contribution in [0.2, 0.25) is 0 Å². The molecule has 8 unspecified atom stereocenters. The molecule has 0 aromatic heterocycles. The van der Waals surface area contributed by atoms with Gasteiger partial charge in [-0.05, 0) is 57.8 Å². The summed E-state index contributed by atoms with van der Waals surface area (Å²) >= 11 is 0. The Kier molecular flexibility index (Phi) is 37.7. The molecule has 6 N–H and O–H groups in total. The van der Waals surface area contributed by atoms with E-state index in [0.29, 0.717) is 12.8 Å². The van der Waals surface area contributed by atoms with E-state index in [1.807, 2.05) is 97.2 Å². The third-order valence-electron chi connectivity index (χ3n) is 10.6. The second kappa shape index (κ2) is 41.5. The highest BCUT2D eigenvalue weighted by atomic mass is 16.7. The Morgan fingerprint density at radius 1 is 0.615 bits per heavy atom. The lowest BCUT2D eigenvalue weighted by Gasteiger charge is -2.41. The van der Waals surface area contributed by atoms with Crippen LogP contribution in [0, 0.1) is 0 Å². The maximum absolute atomic E-state index is 13.2. The highest BCUT2D eigenvalue weighted by molar-refractivity contribution is 5.80. The zero-order valence-corrected chi connectivity index (χ0v) is 39.8. The highest BCUT2D eigenvalue weighted by Gasteiger charge is 2.47. The number of esters is 1. The number of allylic oxidation sites excluding steroid dienone is 19. The zero-order chi connectivity index (χ0) is 47.6. The van der Waals surface area contributed by atoms with Crippen LogP contribution < -0.4 is 5.32 Å². The smallest absolute Gasteiger partial charge is 0.306 e. The topological polar surface area (TPSA) is 175 Å². The predicted octanol–water partition coefficient (Wildman–Crippen LogP) is 9.59. The number of carbonyl (C=O) groups is 2. The number of aliphatic hydroxyl groups is 5. The maximum Gasteiger partial charge on any atom is 0.306 e. The van der Waals surface area contributed by atoms with Gasteiger partial charge in [-0.1, -0.05) is 200 Å². The molecule has 11 nitrogen and oxygen atoms in total. The Bertz CT molecular complexity index is 1510. The summed E-state index contributed by atoms with van der Waals surface area (Å²) in [5.74, 6) is -1.33. The van der Waals surface area contributed by atoms with Crippen molar-refractivity contribution >= 4 is 11.9 Å². The summed E-state index contributed by atoms with van der Waals surface area (Å²) in [5, 5.41) is 56.3. The molecule has 11 heteroatoms. The number of hydrogen-bond acceptors (Lipinski definition) is 10. The SMILES string of the molecule is CC/C=C/C=C/C=C\C=C/C=C/CCC(O)C(=O)NC(COC1OC(CO)C(O)C(O)C1OC(=O)CCCCC\C=C/C=C\C=C\C=C\CC)C(O)/C=C/CCCCCCCCCCC. The van der Waals surface area contributed by atoms with Crippen LogP contribution in [0.3, 0.4) is 0 Å². The van der Waals surface area contributed by atoms with E-state index in [9.17, 15) is 35.1 Å². The molecule has 0 radical (unpaired) electrons. The molecular formula is C54H85NO10. The predicted molar refractivity (Wildman–Crippen MR) is 264 cm³/mol. The van der Waals surface area contributed by atoms with Crippen molar-refractivity contribution in [2.24, 2.45) is 0 Å². The van der Waals surface area contributed by atoms with Gasteiger partial charge in [-0.15, -0.1) is 0 Å². The molecule has 0 aliphatic carbocycles. The van der Waals surface area contributed by atoms with E-state index < -0.39 is 67.4 Å². The average Bonchev–Trinajstić information content (AvgIpc) is 3.30. The minimum absolute atomic E-state index is 0.0610. The zero-order valence-electron chi connectivity index (χ0n) is 39.8. The van der Waals surface area contributed by atoms with Crippen LogP contribution in [0.1, 0.15) is 143 Å². The Hall–Kier alpha value is -3.94. The molecule has 0 aromatic carbocycles.